The normalized spacial score (nSPS) is 29.6. The van der Waals surface area contributed by atoms with E-state index in [1.165, 1.54) is 12.8 Å². The average Bonchev–Trinajstić information content (AvgIpc) is 2.91. The van der Waals surface area contributed by atoms with E-state index in [0.717, 1.165) is 39.3 Å². The Hall–Kier alpha value is -0.850. The Morgan fingerprint density at radius 2 is 2.17 bits per heavy atom. The minimum Gasteiger partial charge on any atom is -0.409 e. The SMILES string of the molecule is CC(C(N)=NO)N1CCN(CC2CCCO2)CC1. The van der Waals surface area contributed by atoms with Gasteiger partial charge in [0, 0.05) is 39.3 Å². The van der Waals surface area contributed by atoms with Gasteiger partial charge in [-0.15, -0.1) is 0 Å². The van der Waals surface area contributed by atoms with Gasteiger partial charge in [-0.3, -0.25) is 9.80 Å². The second kappa shape index (κ2) is 6.36. The van der Waals surface area contributed by atoms with Crippen LogP contribution in [0, 0.1) is 0 Å². The van der Waals surface area contributed by atoms with Crippen LogP contribution in [0.4, 0.5) is 0 Å². The zero-order valence-electron chi connectivity index (χ0n) is 11.1. The summed E-state index contributed by atoms with van der Waals surface area (Å²) in [6.07, 6.45) is 2.82. The summed E-state index contributed by atoms with van der Waals surface area (Å²) in [5.41, 5.74) is 5.64. The molecule has 0 aromatic rings. The van der Waals surface area contributed by atoms with Crippen LogP contribution in [0.1, 0.15) is 19.8 Å². The number of nitrogens with zero attached hydrogens (tertiary/aromatic N) is 3. The summed E-state index contributed by atoms with van der Waals surface area (Å²) in [6.45, 7) is 7.93. The fourth-order valence-electron chi connectivity index (χ4n) is 2.68. The van der Waals surface area contributed by atoms with Crippen molar-refractivity contribution in [3.8, 4) is 0 Å². The van der Waals surface area contributed by atoms with E-state index in [9.17, 15) is 0 Å². The van der Waals surface area contributed by atoms with E-state index < -0.39 is 0 Å². The Bertz CT molecular complexity index is 284. The Labute approximate surface area is 108 Å². The highest BCUT2D eigenvalue weighted by molar-refractivity contribution is 5.84. The van der Waals surface area contributed by atoms with Crippen molar-refractivity contribution in [3.05, 3.63) is 0 Å². The quantitative estimate of drug-likeness (QED) is 0.318. The van der Waals surface area contributed by atoms with Gasteiger partial charge < -0.3 is 15.7 Å². The molecule has 0 amide bonds. The van der Waals surface area contributed by atoms with Gasteiger partial charge in [0.05, 0.1) is 12.1 Å². The molecule has 6 nitrogen and oxygen atoms in total. The molecule has 0 aliphatic carbocycles. The highest BCUT2D eigenvalue weighted by Gasteiger charge is 2.26. The number of nitrogens with two attached hydrogens (primary N) is 1. The van der Waals surface area contributed by atoms with Crippen LogP contribution in [0.5, 0.6) is 0 Å². The van der Waals surface area contributed by atoms with Crippen LogP contribution in [0.3, 0.4) is 0 Å². The Morgan fingerprint density at radius 3 is 2.72 bits per heavy atom. The Morgan fingerprint density at radius 1 is 1.44 bits per heavy atom. The van der Waals surface area contributed by atoms with Gasteiger partial charge in [-0.25, -0.2) is 0 Å². The molecule has 0 aromatic heterocycles. The largest absolute Gasteiger partial charge is 0.409 e. The van der Waals surface area contributed by atoms with E-state index >= 15 is 0 Å². The molecule has 2 rings (SSSR count). The van der Waals surface area contributed by atoms with Crippen LogP contribution < -0.4 is 5.73 Å². The molecule has 2 atom stereocenters. The first-order valence-electron chi connectivity index (χ1n) is 6.76. The van der Waals surface area contributed by atoms with Crippen LogP contribution in [0.25, 0.3) is 0 Å². The van der Waals surface area contributed by atoms with E-state index in [-0.39, 0.29) is 6.04 Å². The third kappa shape index (κ3) is 3.34. The minimum absolute atomic E-state index is 0.0138. The minimum atomic E-state index is 0.0138. The molecule has 18 heavy (non-hydrogen) atoms. The molecule has 2 aliphatic rings. The van der Waals surface area contributed by atoms with Gasteiger partial charge in [0.1, 0.15) is 0 Å². The van der Waals surface area contributed by atoms with Crippen LogP contribution in [0.2, 0.25) is 0 Å². The standard InChI is InChI=1S/C12H24N4O2/c1-10(12(13)14-17)16-6-4-15(5-7-16)9-11-3-2-8-18-11/h10-11,17H,2-9H2,1H3,(H2,13,14). The van der Waals surface area contributed by atoms with Gasteiger partial charge >= 0.3 is 0 Å². The molecular weight excluding hydrogens is 232 g/mol. The first-order chi connectivity index (χ1) is 8.70. The number of ether oxygens (including phenoxy) is 1. The first kappa shape index (κ1) is 13.6. The topological polar surface area (TPSA) is 74.3 Å². The summed E-state index contributed by atoms with van der Waals surface area (Å²) in [4.78, 5) is 4.70. The Kier molecular flexibility index (Phi) is 4.79. The third-order valence-electron chi connectivity index (χ3n) is 3.98. The summed E-state index contributed by atoms with van der Waals surface area (Å²) < 4.78 is 5.66. The number of oxime groups is 1. The third-order valence-corrected chi connectivity index (χ3v) is 3.98. The van der Waals surface area contributed by atoms with Gasteiger partial charge in [0.15, 0.2) is 5.84 Å². The first-order valence-corrected chi connectivity index (χ1v) is 6.76. The molecule has 6 heteroatoms. The smallest absolute Gasteiger partial charge is 0.156 e. The highest BCUT2D eigenvalue weighted by atomic mass is 16.5. The maximum absolute atomic E-state index is 8.69. The second-order valence-electron chi connectivity index (χ2n) is 5.17. The van der Waals surface area contributed by atoms with Gasteiger partial charge in [-0.05, 0) is 19.8 Å². The van der Waals surface area contributed by atoms with Crippen molar-refractivity contribution in [3.63, 3.8) is 0 Å². The maximum Gasteiger partial charge on any atom is 0.156 e. The molecule has 2 heterocycles. The molecule has 0 spiro atoms. The van der Waals surface area contributed by atoms with Gasteiger partial charge in [-0.2, -0.15) is 0 Å². The maximum atomic E-state index is 8.69. The summed E-state index contributed by atoms with van der Waals surface area (Å²) in [5.74, 6) is 0.294. The summed E-state index contributed by atoms with van der Waals surface area (Å²) in [5, 5.41) is 11.8. The lowest BCUT2D eigenvalue weighted by Crippen LogP contribution is -2.54. The summed E-state index contributed by atoms with van der Waals surface area (Å²) >= 11 is 0. The molecule has 2 unspecified atom stereocenters. The van der Waals surface area contributed by atoms with E-state index in [2.05, 4.69) is 15.0 Å². The number of rotatable bonds is 4. The van der Waals surface area contributed by atoms with Gasteiger partial charge in [-0.1, -0.05) is 5.16 Å². The van der Waals surface area contributed by atoms with Crippen molar-refractivity contribution >= 4 is 5.84 Å². The Balaban J connectivity index is 1.73. The van der Waals surface area contributed by atoms with Crippen molar-refractivity contribution in [1.82, 2.24) is 9.80 Å². The molecule has 2 aliphatic heterocycles. The zero-order chi connectivity index (χ0) is 13.0. The lowest BCUT2D eigenvalue weighted by Gasteiger charge is -2.38. The van der Waals surface area contributed by atoms with E-state index in [0.29, 0.717) is 11.9 Å². The van der Waals surface area contributed by atoms with Crippen molar-refractivity contribution < 1.29 is 9.94 Å². The number of amidine groups is 1. The molecule has 2 fully saturated rings. The monoisotopic (exact) mass is 256 g/mol. The van der Waals surface area contributed by atoms with Crippen molar-refractivity contribution in [2.75, 3.05) is 39.3 Å². The summed E-state index contributed by atoms with van der Waals surface area (Å²) in [6, 6.07) is 0.0138. The molecule has 3 N–H and O–H groups in total. The van der Waals surface area contributed by atoms with Crippen LogP contribution in [0.15, 0.2) is 5.16 Å². The van der Waals surface area contributed by atoms with E-state index in [1.54, 1.807) is 0 Å². The van der Waals surface area contributed by atoms with Crippen molar-refractivity contribution in [2.45, 2.75) is 31.9 Å². The van der Waals surface area contributed by atoms with Crippen LogP contribution in [-0.2, 0) is 4.74 Å². The average molecular weight is 256 g/mol. The fraction of sp³-hybridized carbons (Fsp3) is 0.917. The molecule has 104 valence electrons. The van der Waals surface area contributed by atoms with Gasteiger partial charge in [0.25, 0.3) is 0 Å². The number of piperazine rings is 1. The van der Waals surface area contributed by atoms with Crippen molar-refractivity contribution in [2.24, 2.45) is 10.9 Å². The predicted octanol–water partition coefficient (Wildman–Crippen LogP) is -0.0821. The van der Waals surface area contributed by atoms with E-state index in [4.69, 9.17) is 15.7 Å². The fourth-order valence-corrected chi connectivity index (χ4v) is 2.68. The van der Waals surface area contributed by atoms with Crippen LogP contribution >= 0.6 is 0 Å². The van der Waals surface area contributed by atoms with Crippen LogP contribution in [-0.4, -0.2) is 72.3 Å². The zero-order valence-corrected chi connectivity index (χ0v) is 11.1. The lowest BCUT2D eigenvalue weighted by atomic mass is 10.2. The lowest BCUT2D eigenvalue weighted by molar-refractivity contribution is 0.0476. The summed E-state index contributed by atoms with van der Waals surface area (Å²) in [7, 11) is 0. The predicted molar refractivity (Wildman–Crippen MR) is 69.9 cm³/mol. The second-order valence-corrected chi connectivity index (χ2v) is 5.17. The molecule has 0 bridgehead atoms. The number of hydrogen-bond acceptors (Lipinski definition) is 5. The van der Waals surface area contributed by atoms with E-state index in [1.807, 2.05) is 6.92 Å². The molecule has 2 saturated heterocycles. The number of hydrogen-bond donors (Lipinski definition) is 2. The molecule has 0 saturated carbocycles. The highest BCUT2D eigenvalue weighted by Crippen LogP contribution is 2.15. The van der Waals surface area contributed by atoms with Gasteiger partial charge in [0.2, 0.25) is 0 Å². The van der Waals surface area contributed by atoms with Crippen molar-refractivity contribution in [1.29, 1.82) is 0 Å². The molecule has 0 radical (unpaired) electrons. The molecular formula is C12H24N4O2. The molecule has 0 aromatic carbocycles.